The number of esters is 1. The van der Waals surface area contributed by atoms with Crippen molar-refractivity contribution in [3.8, 4) is 22.1 Å². The molecule has 4 aromatic heterocycles. The summed E-state index contributed by atoms with van der Waals surface area (Å²) in [6.07, 6.45) is 8.63. The number of thiazole rings is 1. The van der Waals surface area contributed by atoms with E-state index in [1.807, 2.05) is 0 Å². The SMILES string of the molecule is CCOC(=O)[C@H]1C2CCC(CC2)[C@@H]1Nc1nc(-c2c[nH]c3ncc(Cl)nc23)nc(-c2nccs2)c1F. The van der Waals surface area contributed by atoms with Crippen molar-refractivity contribution < 1.29 is 13.9 Å². The summed E-state index contributed by atoms with van der Waals surface area (Å²) in [5, 5.41) is 5.72. The van der Waals surface area contributed by atoms with Gasteiger partial charge in [0.25, 0.3) is 0 Å². The number of carbonyl (C=O) groups excluding carboxylic acids is 1. The number of hydrogen-bond donors (Lipinski definition) is 2. The second kappa shape index (κ2) is 9.36. The molecular formula is C24H23ClFN7O2S. The Morgan fingerprint density at radius 3 is 2.78 bits per heavy atom. The monoisotopic (exact) mass is 527 g/mol. The van der Waals surface area contributed by atoms with Crippen LogP contribution in [0.25, 0.3) is 33.3 Å². The van der Waals surface area contributed by atoms with E-state index in [2.05, 4.69) is 35.2 Å². The molecule has 7 rings (SSSR count). The van der Waals surface area contributed by atoms with E-state index >= 15 is 4.39 Å². The fourth-order valence-electron chi connectivity index (χ4n) is 5.58. The van der Waals surface area contributed by atoms with Crippen molar-refractivity contribution in [2.24, 2.45) is 17.8 Å². The lowest BCUT2D eigenvalue weighted by Gasteiger charge is -2.47. The lowest BCUT2D eigenvalue weighted by Crippen LogP contribution is -2.52. The quantitative estimate of drug-likeness (QED) is 0.332. The van der Waals surface area contributed by atoms with Crippen LogP contribution in [0.4, 0.5) is 10.2 Å². The van der Waals surface area contributed by atoms with E-state index < -0.39 is 5.82 Å². The topological polar surface area (TPSA) is 119 Å². The zero-order valence-electron chi connectivity index (χ0n) is 19.4. The Morgan fingerprint density at radius 2 is 2.03 bits per heavy atom. The van der Waals surface area contributed by atoms with Crippen LogP contribution in [0.1, 0.15) is 32.6 Å². The van der Waals surface area contributed by atoms with Crippen molar-refractivity contribution in [3.63, 3.8) is 0 Å². The number of halogens is 2. The minimum absolute atomic E-state index is 0.0291. The Bertz CT molecular complexity index is 1420. The van der Waals surface area contributed by atoms with Crippen LogP contribution in [-0.2, 0) is 9.53 Å². The highest BCUT2D eigenvalue weighted by molar-refractivity contribution is 7.13. The molecule has 0 saturated heterocycles. The Labute approximate surface area is 214 Å². The maximum absolute atomic E-state index is 15.9. The number of nitrogens with one attached hydrogen (secondary N) is 2. The predicted octanol–water partition coefficient (Wildman–Crippen LogP) is 5.11. The summed E-state index contributed by atoms with van der Waals surface area (Å²) in [5.41, 5.74) is 1.61. The van der Waals surface area contributed by atoms with E-state index in [1.165, 1.54) is 17.5 Å². The minimum atomic E-state index is -0.610. The Kier molecular flexibility index (Phi) is 6.04. The van der Waals surface area contributed by atoms with Crippen molar-refractivity contribution in [2.45, 2.75) is 38.6 Å². The molecule has 0 aromatic carbocycles. The molecule has 4 aromatic rings. The lowest BCUT2D eigenvalue weighted by atomic mass is 9.61. The smallest absolute Gasteiger partial charge is 0.311 e. The molecule has 2 atom stereocenters. The molecule has 3 aliphatic rings. The molecule has 3 aliphatic carbocycles. The van der Waals surface area contributed by atoms with E-state index in [4.69, 9.17) is 16.3 Å². The number of fused-ring (bicyclic) bond motifs is 4. The Morgan fingerprint density at radius 1 is 1.22 bits per heavy atom. The molecule has 0 amide bonds. The van der Waals surface area contributed by atoms with Crippen LogP contribution >= 0.6 is 22.9 Å². The molecule has 3 fully saturated rings. The molecule has 2 N–H and O–H groups in total. The molecule has 4 heterocycles. The van der Waals surface area contributed by atoms with Gasteiger partial charge in [-0.25, -0.2) is 29.3 Å². The third-order valence-electron chi connectivity index (χ3n) is 7.16. The zero-order chi connectivity index (χ0) is 24.8. The van der Waals surface area contributed by atoms with Gasteiger partial charge in [0.15, 0.2) is 23.1 Å². The fraction of sp³-hybridized carbons (Fsp3) is 0.417. The van der Waals surface area contributed by atoms with Gasteiger partial charge in [0.2, 0.25) is 0 Å². The second-order valence-corrected chi connectivity index (χ2v) is 10.4. The van der Waals surface area contributed by atoms with Crippen LogP contribution in [0.2, 0.25) is 5.15 Å². The van der Waals surface area contributed by atoms with Crippen LogP contribution in [0.15, 0.2) is 24.0 Å². The average Bonchev–Trinajstić information content (AvgIpc) is 3.56. The van der Waals surface area contributed by atoms with Gasteiger partial charge in [0.1, 0.15) is 21.4 Å². The number of anilines is 1. The lowest BCUT2D eigenvalue weighted by molar-refractivity contribution is -0.154. The first kappa shape index (κ1) is 23.2. The summed E-state index contributed by atoms with van der Waals surface area (Å²) in [6.45, 7) is 2.11. The summed E-state index contributed by atoms with van der Waals surface area (Å²) >= 11 is 7.37. The fourth-order valence-corrected chi connectivity index (χ4v) is 6.33. The van der Waals surface area contributed by atoms with Gasteiger partial charge in [-0.15, -0.1) is 11.3 Å². The number of aromatic nitrogens is 6. The summed E-state index contributed by atoms with van der Waals surface area (Å²) in [6, 6.07) is -0.282. The molecule has 2 bridgehead atoms. The van der Waals surface area contributed by atoms with Crippen LogP contribution in [0, 0.1) is 23.6 Å². The van der Waals surface area contributed by atoms with E-state index in [-0.39, 0.29) is 52.3 Å². The van der Waals surface area contributed by atoms with E-state index in [1.54, 1.807) is 24.7 Å². The highest BCUT2D eigenvalue weighted by atomic mass is 35.5. The van der Waals surface area contributed by atoms with Gasteiger partial charge in [-0.3, -0.25) is 4.79 Å². The second-order valence-electron chi connectivity index (χ2n) is 9.11. The number of H-pyrrole nitrogens is 1. The standard InChI is InChI=1S/C24H23ClFN7O2S/c1-2-35-24(34)15-11-3-5-12(6-4-11)17(15)31-21-16(26)19(23-27-7-8-36-23)32-20(33-21)13-9-28-22-18(13)30-14(25)10-29-22/h7-12,15,17H,2-6H2,1H3,(H,28,29)(H,31,32,33)/t11?,12?,15-,17-/m0/s1. The number of nitrogens with zero attached hydrogens (tertiary/aromatic N) is 5. The number of hydrogen-bond acceptors (Lipinski definition) is 9. The molecular weight excluding hydrogens is 505 g/mol. The van der Waals surface area contributed by atoms with Crippen molar-refractivity contribution in [3.05, 3.63) is 34.9 Å². The molecule has 12 heteroatoms. The minimum Gasteiger partial charge on any atom is -0.466 e. The molecule has 0 unspecified atom stereocenters. The molecule has 0 radical (unpaired) electrons. The van der Waals surface area contributed by atoms with E-state index in [0.29, 0.717) is 28.3 Å². The molecule has 3 saturated carbocycles. The summed E-state index contributed by atoms with van der Waals surface area (Å²) in [4.78, 5) is 38.0. The Hall–Kier alpha value is -3.18. The van der Waals surface area contributed by atoms with Crippen molar-refractivity contribution in [1.29, 1.82) is 0 Å². The number of carbonyl (C=O) groups is 1. The largest absolute Gasteiger partial charge is 0.466 e. The summed E-state index contributed by atoms with van der Waals surface area (Å²) < 4.78 is 21.3. The highest BCUT2D eigenvalue weighted by Gasteiger charge is 2.48. The third-order valence-corrected chi connectivity index (χ3v) is 8.12. The molecule has 9 nitrogen and oxygen atoms in total. The molecule has 36 heavy (non-hydrogen) atoms. The van der Waals surface area contributed by atoms with E-state index in [0.717, 1.165) is 25.7 Å². The van der Waals surface area contributed by atoms with Gasteiger partial charge < -0.3 is 15.0 Å². The predicted molar refractivity (Wildman–Crippen MR) is 134 cm³/mol. The third kappa shape index (κ3) is 4.00. The van der Waals surface area contributed by atoms with E-state index in [9.17, 15) is 4.79 Å². The molecule has 0 spiro atoms. The van der Waals surface area contributed by atoms with Crippen LogP contribution < -0.4 is 5.32 Å². The normalized spacial score (nSPS) is 23.2. The van der Waals surface area contributed by atoms with Gasteiger partial charge in [-0.1, -0.05) is 11.6 Å². The van der Waals surface area contributed by atoms with Crippen LogP contribution in [0.5, 0.6) is 0 Å². The number of aromatic amines is 1. The number of ether oxygens (including phenoxy) is 1. The van der Waals surface area contributed by atoms with Gasteiger partial charge in [-0.05, 0) is 44.4 Å². The van der Waals surface area contributed by atoms with Crippen molar-refractivity contribution in [1.82, 2.24) is 29.9 Å². The van der Waals surface area contributed by atoms with Crippen molar-refractivity contribution in [2.75, 3.05) is 11.9 Å². The van der Waals surface area contributed by atoms with Gasteiger partial charge in [0.05, 0.1) is 24.3 Å². The maximum atomic E-state index is 15.9. The summed E-state index contributed by atoms with van der Waals surface area (Å²) in [7, 11) is 0. The van der Waals surface area contributed by atoms with Gasteiger partial charge in [0, 0.05) is 23.8 Å². The first-order valence-electron chi connectivity index (χ1n) is 11.9. The van der Waals surface area contributed by atoms with Gasteiger partial charge >= 0.3 is 5.97 Å². The highest BCUT2D eigenvalue weighted by Crippen LogP contribution is 2.47. The number of rotatable bonds is 6. The van der Waals surface area contributed by atoms with Crippen LogP contribution in [-0.4, -0.2) is 48.5 Å². The average molecular weight is 528 g/mol. The Balaban J connectivity index is 1.46. The summed E-state index contributed by atoms with van der Waals surface area (Å²) in [5.74, 6) is -0.482. The molecule has 0 aliphatic heterocycles. The van der Waals surface area contributed by atoms with Gasteiger partial charge in [-0.2, -0.15) is 0 Å². The molecule has 186 valence electrons. The maximum Gasteiger partial charge on any atom is 0.311 e. The van der Waals surface area contributed by atoms with Crippen molar-refractivity contribution >= 4 is 45.9 Å². The zero-order valence-corrected chi connectivity index (χ0v) is 20.9. The first-order chi connectivity index (χ1) is 17.5. The first-order valence-corrected chi connectivity index (χ1v) is 13.2. The van der Waals surface area contributed by atoms with Crippen LogP contribution in [0.3, 0.4) is 0 Å².